The molecule has 0 amide bonds. The number of hydrogen-bond acceptors (Lipinski definition) is 8. The van der Waals surface area contributed by atoms with Crippen LogP contribution in [0.5, 0.6) is 23.0 Å². The van der Waals surface area contributed by atoms with E-state index in [0.717, 1.165) is 94.8 Å². The van der Waals surface area contributed by atoms with Crippen molar-refractivity contribution in [1.29, 1.82) is 0 Å². The van der Waals surface area contributed by atoms with Gasteiger partial charge in [-0.05, 0) is 197 Å². The molecule has 0 unspecified atom stereocenters. The van der Waals surface area contributed by atoms with Crippen LogP contribution in [0.2, 0.25) is 0 Å². The van der Waals surface area contributed by atoms with Gasteiger partial charge in [0.1, 0.15) is 11.5 Å². The fourth-order valence-corrected chi connectivity index (χ4v) is 12.1. The van der Waals surface area contributed by atoms with Gasteiger partial charge in [-0.1, -0.05) is 252 Å². The summed E-state index contributed by atoms with van der Waals surface area (Å²) >= 11 is 0. The van der Waals surface area contributed by atoms with Crippen LogP contribution in [0.3, 0.4) is 0 Å². The molecule has 0 aliphatic heterocycles. The first-order valence-corrected chi connectivity index (χ1v) is 37.0. The second-order valence-corrected chi connectivity index (χ2v) is 26.1. The van der Waals surface area contributed by atoms with E-state index in [4.69, 9.17) is 20.2 Å². The van der Waals surface area contributed by atoms with Crippen molar-refractivity contribution in [2.24, 2.45) is 9.98 Å². The Morgan fingerprint density at radius 1 is 0.337 bits per heavy atom. The maximum Gasteiger partial charge on any atom is 2.00 e. The Hall–Kier alpha value is -5.15. The SMILES string of the molecule is CCCCCCCCCCCCCCCCCCCCCC(=Nc1cc(CCCC)cc(CCCC)c1)C(CCCC)=Nc1cc(CCCC)cc(CCCC)c1.CCCCCc1c(C)cc(O)c([O-])c1C(=O)O.CCCCCc1c(C)cc(O)c([O-])c1C(=O)O.[Ni+2]. The van der Waals surface area contributed by atoms with Gasteiger partial charge in [-0.25, -0.2) is 9.59 Å². The molecule has 10 nitrogen and oxygen atoms in total. The molecule has 4 aromatic carbocycles. The first-order valence-electron chi connectivity index (χ1n) is 37.0. The van der Waals surface area contributed by atoms with Gasteiger partial charge in [-0.2, -0.15) is 0 Å². The molecule has 0 atom stereocenters. The topological polar surface area (TPSA) is 186 Å². The molecule has 0 aromatic heterocycles. The summed E-state index contributed by atoms with van der Waals surface area (Å²) in [7, 11) is 0. The number of rotatable bonds is 48. The molecule has 0 saturated heterocycles. The molecular weight excluding hydrogens is 1190 g/mol. The van der Waals surface area contributed by atoms with Crippen LogP contribution in [0, 0.1) is 13.8 Å². The minimum atomic E-state index is -1.26. The molecule has 520 valence electrons. The van der Waals surface area contributed by atoms with Crippen molar-refractivity contribution in [2.45, 2.75) is 345 Å². The summed E-state index contributed by atoms with van der Waals surface area (Å²) in [6.07, 6.45) is 52.6. The molecule has 11 heteroatoms. The first kappa shape index (κ1) is 84.9. The number of aryl methyl sites for hydroxylation is 6. The van der Waals surface area contributed by atoms with E-state index in [1.807, 2.05) is 0 Å². The molecule has 0 aliphatic carbocycles. The molecule has 0 saturated carbocycles. The predicted octanol–water partition coefficient (Wildman–Crippen LogP) is 23.3. The van der Waals surface area contributed by atoms with Crippen LogP contribution < -0.4 is 10.2 Å². The number of phenolic OH excluding ortho intramolecular Hbond substituents is 2. The molecule has 4 aromatic rings. The zero-order valence-corrected chi connectivity index (χ0v) is 60.6. The van der Waals surface area contributed by atoms with E-state index in [2.05, 4.69) is 91.8 Å². The zero-order valence-electron chi connectivity index (χ0n) is 59.7. The second-order valence-electron chi connectivity index (χ2n) is 26.1. The molecular formula is C81H128N2NiO8. The van der Waals surface area contributed by atoms with Crippen LogP contribution in [0.4, 0.5) is 11.4 Å². The van der Waals surface area contributed by atoms with E-state index in [9.17, 15) is 30.0 Å². The molecule has 0 aliphatic rings. The average molecular weight is 1320 g/mol. The molecule has 4 rings (SSSR count). The van der Waals surface area contributed by atoms with Gasteiger partial charge in [0, 0.05) is 0 Å². The van der Waals surface area contributed by atoms with Gasteiger partial charge in [-0.15, -0.1) is 0 Å². The van der Waals surface area contributed by atoms with Crippen LogP contribution in [0.15, 0.2) is 58.5 Å². The molecule has 0 bridgehead atoms. The van der Waals surface area contributed by atoms with Crippen LogP contribution in [-0.4, -0.2) is 43.8 Å². The van der Waals surface area contributed by atoms with Crippen LogP contribution in [0.25, 0.3) is 0 Å². The van der Waals surface area contributed by atoms with Crippen molar-refractivity contribution < 1.29 is 56.7 Å². The van der Waals surface area contributed by atoms with E-state index in [1.54, 1.807) is 13.8 Å². The normalized spacial score (nSPS) is 11.5. The van der Waals surface area contributed by atoms with Crippen LogP contribution in [-0.2, 0) is 55.0 Å². The maximum absolute atomic E-state index is 11.6. The smallest absolute Gasteiger partial charge is 0.869 e. The molecule has 0 fully saturated rings. The summed E-state index contributed by atoms with van der Waals surface area (Å²) in [5.41, 5.74) is 12.5. The zero-order chi connectivity index (χ0) is 67.0. The Morgan fingerprint density at radius 2 is 0.587 bits per heavy atom. The number of carbonyl (C=O) groups is 2. The van der Waals surface area contributed by atoms with Gasteiger partial charge in [0.05, 0.1) is 33.9 Å². The Morgan fingerprint density at radius 3 is 0.859 bits per heavy atom. The number of phenols is 2. The van der Waals surface area contributed by atoms with Crippen molar-refractivity contribution in [1.82, 2.24) is 0 Å². The van der Waals surface area contributed by atoms with Crippen LogP contribution >= 0.6 is 0 Å². The molecule has 0 heterocycles. The van der Waals surface area contributed by atoms with Crippen LogP contribution in [0.1, 0.15) is 358 Å². The number of aliphatic imine (C=N–C) groups is 2. The summed E-state index contributed by atoms with van der Waals surface area (Å²) in [4.78, 5) is 33.3. The summed E-state index contributed by atoms with van der Waals surface area (Å²) in [5, 5.41) is 60.0. The molecule has 0 radical (unpaired) electrons. The number of nitrogens with zero attached hydrogens (tertiary/aromatic N) is 2. The summed E-state index contributed by atoms with van der Waals surface area (Å²) in [5.74, 6) is -5.07. The standard InChI is InChI=1S/C55H94N2.2C13H18O4.Ni/c1-7-13-19-20-21-22-23-24-25-26-27-28-29-30-31-32-33-34-35-41-55(57-53-46-50(38-16-10-4)43-51(47-53)39-17-11-5)54(40-18-12-6)56-52-44-48(36-14-8-2)42-49(45-52)37-15-9-3;2*1-3-4-5-6-9-8(2)7-10(14)12(15)11(9)13(16)17;/h42-47H,7-41H2,1-6H3;2*7,14-15H,3-6H2,1-2H3,(H,16,17);/q;;;+2/p-2. The van der Waals surface area contributed by atoms with Gasteiger partial charge in [-0.3, -0.25) is 9.98 Å². The van der Waals surface area contributed by atoms with Crippen molar-refractivity contribution in [3.8, 4) is 23.0 Å². The molecule has 4 N–H and O–H groups in total. The Labute approximate surface area is 570 Å². The van der Waals surface area contributed by atoms with Gasteiger partial charge in [0.25, 0.3) is 0 Å². The van der Waals surface area contributed by atoms with Crippen molar-refractivity contribution >= 4 is 34.7 Å². The minimum Gasteiger partial charge on any atom is -0.869 e. The van der Waals surface area contributed by atoms with E-state index < -0.39 is 34.9 Å². The van der Waals surface area contributed by atoms with Crippen molar-refractivity contribution in [2.75, 3.05) is 0 Å². The van der Waals surface area contributed by atoms with Crippen molar-refractivity contribution in [3.63, 3.8) is 0 Å². The van der Waals surface area contributed by atoms with E-state index in [1.165, 1.54) is 226 Å². The summed E-state index contributed by atoms with van der Waals surface area (Å²) in [6.45, 7) is 21.4. The molecule has 92 heavy (non-hydrogen) atoms. The average Bonchev–Trinajstić information content (AvgIpc) is 0.847. The second kappa shape index (κ2) is 53.1. The van der Waals surface area contributed by atoms with E-state index in [0.29, 0.717) is 35.1 Å². The number of carboxylic acid groups (broad SMARTS) is 2. The fraction of sp³-hybridized carbons (Fsp3) is 0.654. The molecule has 0 spiro atoms. The van der Waals surface area contributed by atoms with Gasteiger partial charge >= 0.3 is 28.4 Å². The first-order chi connectivity index (χ1) is 44.0. The third kappa shape index (κ3) is 35.4. The van der Waals surface area contributed by atoms with Gasteiger partial charge < -0.3 is 30.6 Å². The summed E-state index contributed by atoms with van der Waals surface area (Å²) < 4.78 is 0. The Balaban J connectivity index is 0.000000971. The minimum absolute atomic E-state index is 0. The third-order valence-electron chi connectivity index (χ3n) is 17.7. The van der Waals surface area contributed by atoms with E-state index in [-0.39, 0.29) is 27.6 Å². The number of aromatic hydroxyl groups is 2. The van der Waals surface area contributed by atoms with Gasteiger partial charge in [0.15, 0.2) is 0 Å². The quantitative estimate of drug-likeness (QED) is 0.0191. The number of benzene rings is 4. The summed E-state index contributed by atoms with van der Waals surface area (Å²) in [6, 6.07) is 17.2. The monoisotopic (exact) mass is 1310 g/mol. The predicted molar refractivity (Wildman–Crippen MR) is 384 cm³/mol. The third-order valence-corrected chi connectivity index (χ3v) is 17.7. The number of aromatic carboxylic acids is 2. The number of unbranched alkanes of at least 4 members (excludes halogenated alkanes) is 27. The number of hydrogen-bond donors (Lipinski definition) is 4. The van der Waals surface area contributed by atoms with Gasteiger partial charge in [0.2, 0.25) is 0 Å². The van der Waals surface area contributed by atoms with Crippen molar-refractivity contribution in [3.05, 3.63) is 104 Å². The number of carboxylic acids is 2. The van der Waals surface area contributed by atoms with E-state index >= 15 is 0 Å². The Bertz CT molecular complexity index is 2560. The maximum atomic E-state index is 11.6. The Kier molecular flexibility index (Phi) is 49.0. The fourth-order valence-electron chi connectivity index (χ4n) is 12.1. The largest absolute Gasteiger partial charge is 2.00 e.